The van der Waals surface area contributed by atoms with Gasteiger partial charge in [-0.25, -0.2) is 18.4 Å². The van der Waals surface area contributed by atoms with Gasteiger partial charge in [0.05, 0.1) is 37.4 Å². The molecule has 3 aliphatic heterocycles. The van der Waals surface area contributed by atoms with Gasteiger partial charge in [-0.15, -0.1) is 5.10 Å². The fourth-order valence-corrected chi connectivity index (χ4v) is 12.0. The summed E-state index contributed by atoms with van der Waals surface area (Å²) in [5.41, 5.74) is 7.57. The summed E-state index contributed by atoms with van der Waals surface area (Å²) in [7, 11) is 1.42. The number of halogens is 2. The molecule has 0 unspecified atom stereocenters. The molecule has 100 heavy (non-hydrogen) atoms. The molecule has 10 amide bonds. The van der Waals surface area contributed by atoms with E-state index in [0.29, 0.717) is 45.4 Å². The number of primary amides is 1. The molecule has 0 spiro atoms. The Balaban J connectivity index is 1.12. The molecule has 7 heterocycles. The number of allylic oxidation sites excluding steroid dienone is 3. The minimum Gasteiger partial charge on any atom is -0.497 e. The zero-order valence-corrected chi connectivity index (χ0v) is 55.2. The largest absolute Gasteiger partial charge is 0.497 e. The summed E-state index contributed by atoms with van der Waals surface area (Å²) in [5.74, 6) is -12.1. The first kappa shape index (κ1) is 72.4. The van der Waals surface area contributed by atoms with Crippen molar-refractivity contribution < 1.29 is 71.4 Å². The molecule has 3 aliphatic rings. The third kappa shape index (κ3) is 18.0. The van der Waals surface area contributed by atoms with Crippen LogP contribution in [0.25, 0.3) is 27.5 Å². The van der Waals surface area contributed by atoms with Crippen LogP contribution in [0.4, 0.5) is 8.78 Å². The summed E-state index contributed by atoms with van der Waals surface area (Å²) in [6.07, 6.45) is 8.99. The number of benzene rings is 3. The Morgan fingerprint density at radius 1 is 0.730 bits per heavy atom. The summed E-state index contributed by atoms with van der Waals surface area (Å²) in [6, 6.07) is 1.22. The lowest BCUT2D eigenvalue weighted by atomic mass is 9.94. The van der Waals surface area contributed by atoms with Crippen molar-refractivity contribution in [2.24, 2.45) is 5.73 Å². The molecule has 9 atom stereocenters. The highest BCUT2D eigenvalue weighted by Gasteiger charge is 2.49. The molecule has 526 valence electrons. The molecule has 30 nitrogen and oxygen atoms in total. The molecule has 32 heteroatoms. The summed E-state index contributed by atoms with van der Waals surface area (Å²) in [4.78, 5) is 171. The molecule has 0 aliphatic carbocycles. The Morgan fingerprint density at radius 3 is 1.87 bits per heavy atom. The molecule has 0 radical (unpaired) electrons. The number of aromatic nitrogens is 7. The number of amides is 10. The van der Waals surface area contributed by atoms with Crippen LogP contribution < -0.4 is 48.3 Å². The van der Waals surface area contributed by atoms with Gasteiger partial charge in [-0.2, -0.15) is 0 Å². The smallest absolute Gasteiger partial charge is 0.305 e. The zero-order chi connectivity index (χ0) is 72.1. The van der Waals surface area contributed by atoms with Gasteiger partial charge >= 0.3 is 5.97 Å². The number of carboxylic acids is 1. The first-order chi connectivity index (χ1) is 47.7. The van der Waals surface area contributed by atoms with E-state index < -0.39 is 150 Å². The number of carboxylic acid groups (broad SMARTS) is 1. The van der Waals surface area contributed by atoms with Gasteiger partial charge in [0, 0.05) is 91.7 Å². The van der Waals surface area contributed by atoms with E-state index in [1.165, 1.54) is 98.1 Å². The molecular formula is C68H77F2N17O13. The standard InChI is InChI=1S/C68H77F2N17O13/c1-7-46(100-6)16-9-35(2)21-57-66(98)86-20-8-19-68(86,5)67(99)83-51(59(71)91)22-38-10-14-45(15-11-38)87-33-44(84-85-87)28-54(77-37(4)88)61(93)76-36(3)60(92)78-52(23-39-30-73-49-17-12-41(69)25-47(39)49)62(94)79-53(24-40-31-74-50-18-13-42(70)26-48(40)50)63(95)81-56(29-58(89)90)65(97)80-55(64(96)82-57)27-43-32-72-34-75-43/h7,9-18,25-26,30-34,36,51-57,73-74H,1,8,19-24,27-29H2,2-6H3,(H2,71,91)(H,72,75)(H,76,93)(H,77,88)(H,78,92)(H,79,94)(H,80,97)(H,81,95)(H,82,96)(H,83,99)(H,89,90)/b35-9+,46-16+/t36-,51+,52+,53+,54-,55+,56+,57+,68+/m1/s1. The predicted molar refractivity (Wildman–Crippen MR) is 356 cm³/mol. The number of hydrogen-bond acceptors (Lipinski definition) is 15. The van der Waals surface area contributed by atoms with Crippen LogP contribution in [-0.2, 0) is 89.6 Å². The van der Waals surface area contributed by atoms with Crippen LogP contribution in [0.1, 0.15) is 81.5 Å². The number of aromatic amines is 3. The first-order valence-corrected chi connectivity index (χ1v) is 31.9. The second-order valence-corrected chi connectivity index (χ2v) is 24.8. The van der Waals surface area contributed by atoms with E-state index in [0.717, 1.165) is 13.0 Å². The molecule has 4 bridgehead atoms. The normalized spacial score (nSPS) is 23.1. The lowest BCUT2D eigenvalue weighted by Gasteiger charge is -2.37. The molecule has 10 rings (SSSR count). The highest BCUT2D eigenvalue weighted by molar-refractivity contribution is 6.01. The fourth-order valence-electron chi connectivity index (χ4n) is 12.0. The van der Waals surface area contributed by atoms with Crippen molar-refractivity contribution in [2.45, 2.75) is 139 Å². The lowest BCUT2D eigenvalue weighted by Crippen LogP contribution is -2.63. The van der Waals surface area contributed by atoms with Gasteiger partial charge in [0.2, 0.25) is 59.1 Å². The van der Waals surface area contributed by atoms with Gasteiger partial charge in [-0.1, -0.05) is 35.6 Å². The molecule has 3 aromatic carbocycles. The number of nitrogens with zero attached hydrogens (tertiary/aromatic N) is 5. The number of imidazole rings is 1. The molecule has 4 aromatic heterocycles. The maximum Gasteiger partial charge on any atom is 0.305 e. The van der Waals surface area contributed by atoms with E-state index in [-0.39, 0.29) is 66.5 Å². The topological polar surface area (TPSA) is 434 Å². The lowest BCUT2D eigenvalue weighted by molar-refractivity contribution is -0.147. The van der Waals surface area contributed by atoms with Gasteiger partial charge in [-0.05, 0) is 117 Å². The number of fused-ring (bicyclic) bond motifs is 27. The van der Waals surface area contributed by atoms with Crippen LogP contribution in [0.3, 0.4) is 0 Å². The maximum atomic E-state index is 15.3. The number of H-pyrrole nitrogens is 3. The average Bonchev–Trinajstić information content (AvgIpc) is 1.60. The molecule has 0 saturated carbocycles. The van der Waals surface area contributed by atoms with Crippen LogP contribution in [0.5, 0.6) is 0 Å². The molecule has 7 aromatic rings. The van der Waals surface area contributed by atoms with Crippen LogP contribution in [0.15, 0.2) is 128 Å². The highest BCUT2D eigenvalue weighted by Crippen LogP contribution is 2.32. The Hall–Kier alpha value is -11.9. The second-order valence-electron chi connectivity index (χ2n) is 24.8. The summed E-state index contributed by atoms with van der Waals surface area (Å²) < 4.78 is 36.6. The molecular weight excluding hydrogens is 1300 g/mol. The second kappa shape index (κ2) is 32.0. The Bertz CT molecular complexity index is 4330. The molecule has 14 N–H and O–H groups in total. The Labute approximate surface area is 570 Å². The zero-order valence-electron chi connectivity index (χ0n) is 55.2. The van der Waals surface area contributed by atoms with Crippen LogP contribution in [0.2, 0.25) is 0 Å². The summed E-state index contributed by atoms with van der Waals surface area (Å²) in [6.45, 7) is 9.35. The third-order valence-electron chi connectivity index (χ3n) is 17.4. The number of nitrogens with one attached hydrogen (secondary N) is 11. The highest BCUT2D eigenvalue weighted by atomic mass is 19.1. The van der Waals surface area contributed by atoms with Crippen molar-refractivity contribution in [2.75, 3.05) is 13.7 Å². The number of methoxy groups -OCH3 is 1. The third-order valence-corrected chi connectivity index (χ3v) is 17.4. The van der Waals surface area contributed by atoms with Crippen molar-refractivity contribution in [3.63, 3.8) is 0 Å². The summed E-state index contributed by atoms with van der Waals surface area (Å²) in [5, 5.41) is 40.1. The minimum atomic E-state index is -2.05. The van der Waals surface area contributed by atoms with E-state index in [9.17, 15) is 47.4 Å². The van der Waals surface area contributed by atoms with Crippen molar-refractivity contribution >= 4 is 86.8 Å². The number of ether oxygens (including phenoxy) is 1. The summed E-state index contributed by atoms with van der Waals surface area (Å²) >= 11 is 0. The van der Waals surface area contributed by atoms with E-state index >= 15 is 19.2 Å². The SMILES string of the molecule is C=C/C(=C\C=C(/C)C[C@@H]1NC(=O)[C@H](Cc2cnc[nH]2)NC(=O)[C@H](CC(=O)O)NC(=O)[C@H](Cc2c[nH]c3ccc(F)cc23)NC(=O)[C@H](Cc2c[nH]c3ccc(F)cc23)NC(=O)[C@@H](C)NC(=O)[C@H](NC(C)=O)Cc2cn(nn2)-c2ccc(cc2)C[C@@H](C(N)=O)NC(=O)[C@]2(C)CCCN2C1=O)OC. The quantitative estimate of drug-likeness (QED) is 0.0392. The number of aliphatic carboxylic acids is 1. The van der Waals surface area contributed by atoms with E-state index in [1.54, 1.807) is 43.3 Å². The maximum absolute atomic E-state index is 15.3. The molecule has 1 saturated heterocycles. The van der Waals surface area contributed by atoms with E-state index in [1.807, 2.05) is 0 Å². The van der Waals surface area contributed by atoms with Gasteiger partial charge < -0.3 is 78.0 Å². The Morgan fingerprint density at radius 2 is 1.31 bits per heavy atom. The van der Waals surface area contributed by atoms with Crippen LogP contribution in [-0.4, -0.2) is 178 Å². The van der Waals surface area contributed by atoms with Gasteiger partial charge in [-0.3, -0.25) is 52.7 Å². The van der Waals surface area contributed by atoms with Crippen LogP contribution in [0, 0.1) is 11.6 Å². The fraction of sp³-hybridized carbons (Fsp3) is 0.353. The van der Waals surface area contributed by atoms with Crippen molar-refractivity contribution in [3.05, 3.63) is 168 Å². The monoisotopic (exact) mass is 1380 g/mol. The van der Waals surface area contributed by atoms with Crippen molar-refractivity contribution in [3.8, 4) is 5.69 Å². The average molecular weight is 1380 g/mol. The number of carbonyl (C=O) groups excluding carboxylic acids is 10. The van der Waals surface area contributed by atoms with E-state index in [2.05, 4.69) is 79.4 Å². The predicted octanol–water partition coefficient (Wildman–Crippen LogP) is 1.37. The number of nitrogens with two attached hydrogens (primary N) is 1. The van der Waals surface area contributed by atoms with Crippen molar-refractivity contribution in [1.29, 1.82) is 0 Å². The van der Waals surface area contributed by atoms with Gasteiger partial charge in [0.25, 0.3) is 0 Å². The Kier molecular flexibility index (Phi) is 23.2. The number of carbonyl (C=O) groups is 11. The number of hydrogen-bond donors (Lipinski definition) is 13. The van der Waals surface area contributed by atoms with E-state index in [4.69, 9.17) is 10.5 Å². The van der Waals surface area contributed by atoms with Gasteiger partial charge in [0.15, 0.2) is 0 Å². The van der Waals surface area contributed by atoms with Crippen LogP contribution >= 0.6 is 0 Å². The molecule has 1 fully saturated rings. The van der Waals surface area contributed by atoms with Gasteiger partial charge in [0.1, 0.15) is 71.3 Å². The first-order valence-electron chi connectivity index (χ1n) is 31.9. The minimum absolute atomic E-state index is 0.000791. The van der Waals surface area contributed by atoms with Crippen molar-refractivity contribution in [1.82, 2.24) is 82.4 Å². The number of rotatable bonds is 15.